The lowest BCUT2D eigenvalue weighted by Gasteiger charge is -2.31. The third-order valence-corrected chi connectivity index (χ3v) is 10.8. The summed E-state index contributed by atoms with van der Waals surface area (Å²) in [5.41, 5.74) is -0.570. The van der Waals surface area contributed by atoms with Crippen molar-refractivity contribution in [2.45, 2.75) is 81.6 Å². The van der Waals surface area contributed by atoms with Crippen LogP contribution >= 0.6 is 0 Å². The Kier molecular flexibility index (Phi) is 8.99. The lowest BCUT2D eigenvalue weighted by atomic mass is 10.0. The molecule has 3 N–H and O–H groups in total. The lowest BCUT2D eigenvalue weighted by Crippen LogP contribution is -2.59. The summed E-state index contributed by atoms with van der Waals surface area (Å²) in [5, 5.41) is 4.58. The van der Waals surface area contributed by atoms with E-state index in [2.05, 4.69) is 28.5 Å². The van der Waals surface area contributed by atoms with Gasteiger partial charge in [-0.2, -0.15) is 0 Å². The van der Waals surface area contributed by atoms with E-state index in [1.807, 2.05) is 0 Å². The molecular weight excluding hydrogens is 621 g/mol. The van der Waals surface area contributed by atoms with Crippen LogP contribution in [-0.4, -0.2) is 83.5 Å². The van der Waals surface area contributed by atoms with Crippen molar-refractivity contribution in [3.8, 4) is 0 Å². The number of carbonyl (C=O) groups is 5. The van der Waals surface area contributed by atoms with Crippen LogP contribution in [0.2, 0.25) is 0 Å². The Labute approximate surface area is 266 Å². The van der Waals surface area contributed by atoms with Gasteiger partial charge in [0, 0.05) is 24.4 Å². The molecule has 5 atom stereocenters. The second-order valence-corrected chi connectivity index (χ2v) is 14.6. The summed E-state index contributed by atoms with van der Waals surface area (Å²) in [5.74, 6) is -4.28. The maximum Gasteiger partial charge on any atom is 0.410 e. The SMILES string of the molecule is C=CC(=O)N[C@@H](C(=O)N1C[C@H](OC(=O)N2Cc3cccc(F)c3C2)CC1C(=O)N[C@]1(C(=O)NS(=O)(=O)C2CC2)C[C@H]1C=C)C(C)C. The first-order valence-electron chi connectivity index (χ1n) is 15.2. The number of nitrogens with zero attached hydrogens (tertiary/aromatic N) is 2. The van der Waals surface area contributed by atoms with E-state index < -0.39 is 86.4 Å². The summed E-state index contributed by atoms with van der Waals surface area (Å²) in [6.07, 6.45) is 1.57. The van der Waals surface area contributed by atoms with E-state index in [9.17, 15) is 36.8 Å². The van der Waals surface area contributed by atoms with Gasteiger partial charge in [0.25, 0.3) is 5.91 Å². The second-order valence-electron chi connectivity index (χ2n) is 12.6. The number of benzene rings is 1. The van der Waals surface area contributed by atoms with E-state index in [0.29, 0.717) is 24.0 Å². The van der Waals surface area contributed by atoms with Crippen LogP contribution in [0.25, 0.3) is 0 Å². The Hall–Kier alpha value is -4.27. The van der Waals surface area contributed by atoms with Gasteiger partial charge in [0.05, 0.1) is 18.3 Å². The fourth-order valence-electron chi connectivity index (χ4n) is 6.03. The van der Waals surface area contributed by atoms with E-state index in [-0.39, 0.29) is 32.5 Å². The molecule has 0 aromatic heterocycles. The second kappa shape index (κ2) is 12.5. The molecule has 0 spiro atoms. The number of rotatable bonds is 11. The first-order chi connectivity index (χ1) is 21.7. The van der Waals surface area contributed by atoms with Gasteiger partial charge in [0.15, 0.2) is 0 Å². The molecule has 15 heteroatoms. The average molecular weight is 660 g/mol. The minimum Gasteiger partial charge on any atom is -0.444 e. The molecule has 2 aliphatic carbocycles. The lowest BCUT2D eigenvalue weighted by molar-refractivity contribution is -0.143. The molecule has 2 aliphatic heterocycles. The van der Waals surface area contributed by atoms with Crippen LogP contribution in [0.1, 0.15) is 50.7 Å². The summed E-state index contributed by atoms with van der Waals surface area (Å²) in [7, 11) is -3.91. The van der Waals surface area contributed by atoms with Crippen molar-refractivity contribution in [3.05, 3.63) is 60.5 Å². The number of hydrogen-bond donors (Lipinski definition) is 3. The number of halogens is 1. The van der Waals surface area contributed by atoms with Crippen LogP contribution in [0.4, 0.5) is 9.18 Å². The fourth-order valence-corrected chi connectivity index (χ4v) is 7.39. The molecule has 3 fully saturated rings. The van der Waals surface area contributed by atoms with Gasteiger partial charge >= 0.3 is 6.09 Å². The molecule has 1 aromatic carbocycles. The Morgan fingerprint density at radius 2 is 1.85 bits per heavy atom. The third kappa shape index (κ3) is 6.50. The van der Waals surface area contributed by atoms with Gasteiger partial charge < -0.3 is 20.3 Å². The Balaban J connectivity index is 1.35. The van der Waals surface area contributed by atoms with Gasteiger partial charge in [0.2, 0.25) is 27.7 Å². The maximum atomic E-state index is 14.3. The molecule has 248 valence electrons. The van der Waals surface area contributed by atoms with Crippen molar-refractivity contribution in [3.63, 3.8) is 0 Å². The number of fused-ring (bicyclic) bond motifs is 1. The Bertz CT molecular complexity index is 1590. The van der Waals surface area contributed by atoms with Gasteiger partial charge in [-0.25, -0.2) is 17.6 Å². The zero-order valence-electron chi connectivity index (χ0n) is 25.7. The summed E-state index contributed by atoms with van der Waals surface area (Å²) in [6.45, 7) is 10.4. The predicted octanol–water partition coefficient (Wildman–Crippen LogP) is 1.24. The predicted molar refractivity (Wildman–Crippen MR) is 162 cm³/mol. The zero-order chi connectivity index (χ0) is 33.6. The molecule has 2 saturated carbocycles. The number of likely N-dealkylation sites (tertiary alicyclic amines) is 1. The maximum absolute atomic E-state index is 14.3. The first-order valence-corrected chi connectivity index (χ1v) is 16.7. The van der Waals surface area contributed by atoms with E-state index in [4.69, 9.17) is 4.74 Å². The molecule has 5 rings (SSSR count). The molecule has 2 heterocycles. The van der Waals surface area contributed by atoms with Crippen molar-refractivity contribution >= 4 is 39.7 Å². The number of carbonyl (C=O) groups excluding carboxylic acids is 5. The molecule has 1 saturated heterocycles. The summed E-state index contributed by atoms with van der Waals surface area (Å²) >= 11 is 0. The van der Waals surface area contributed by atoms with E-state index in [0.717, 1.165) is 6.08 Å². The van der Waals surface area contributed by atoms with Crippen LogP contribution in [0, 0.1) is 17.7 Å². The minimum absolute atomic E-state index is 0.00648. The summed E-state index contributed by atoms with van der Waals surface area (Å²) in [4.78, 5) is 68.8. The first kappa shape index (κ1) is 33.1. The largest absolute Gasteiger partial charge is 0.444 e. The number of nitrogens with one attached hydrogen (secondary N) is 3. The van der Waals surface area contributed by atoms with Crippen LogP contribution in [-0.2, 0) is 47.0 Å². The van der Waals surface area contributed by atoms with Gasteiger partial charge in [0.1, 0.15) is 29.5 Å². The Morgan fingerprint density at radius 3 is 2.43 bits per heavy atom. The highest BCUT2D eigenvalue weighted by Crippen LogP contribution is 2.45. The topological polar surface area (TPSA) is 171 Å². The molecule has 13 nitrogen and oxygen atoms in total. The van der Waals surface area contributed by atoms with Gasteiger partial charge in [-0.1, -0.05) is 38.6 Å². The van der Waals surface area contributed by atoms with Gasteiger partial charge in [-0.3, -0.25) is 28.8 Å². The van der Waals surface area contributed by atoms with Gasteiger partial charge in [-0.15, -0.1) is 6.58 Å². The molecule has 0 radical (unpaired) electrons. The van der Waals surface area contributed by atoms with Crippen molar-refractivity contribution in [2.24, 2.45) is 11.8 Å². The highest BCUT2D eigenvalue weighted by Gasteiger charge is 2.62. The monoisotopic (exact) mass is 659 g/mol. The van der Waals surface area contributed by atoms with E-state index >= 15 is 0 Å². The van der Waals surface area contributed by atoms with Crippen LogP contribution < -0.4 is 15.4 Å². The number of hydrogen-bond acceptors (Lipinski definition) is 8. The summed E-state index contributed by atoms with van der Waals surface area (Å²) < 4.78 is 47.1. The van der Waals surface area contributed by atoms with Crippen LogP contribution in [0.3, 0.4) is 0 Å². The van der Waals surface area contributed by atoms with Crippen LogP contribution in [0.5, 0.6) is 0 Å². The molecule has 46 heavy (non-hydrogen) atoms. The van der Waals surface area contributed by atoms with Crippen molar-refractivity contribution in [1.29, 1.82) is 0 Å². The Morgan fingerprint density at radius 1 is 1.13 bits per heavy atom. The molecule has 5 amide bonds. The van der Waals surface area contributed by atoms with Crippen LogP contribution in [0.15, 0.2) is 43.5 Å². The number of ether oxygens (including phenoxy) is 1. The third-order valence-electron chi connectivity index (χ3n) is 8.96. The number of amides is 5. The van der Waals surface area contributed by atoms with Crippen molar-refractivity contribution in [2.75, 3.05) is 6.54 Å². The van der Waals surface area contributed by atoms with Crippen molar-refractivity contribution in [1.82, 2.24) is 25.2 Å². The fraction of sp³-hybridized carbons (Fsp3) is 0.516. The zero-order valence-corrected chi connectivity index (χ0v) is 26.5. The molecule has 4 aliphatic rings. The van der Waals surface area contributed by atoms with Gasteiger partial charge in [-0.05, 0) is 42.9 Å². The van der Waals surface area contributed by atoms with E-state index in [1.54, 1.807) is 26.0 Å². The molecular formula is C31H38FN5O8S. The highest BCUT2D eigenvalue weighted by molar-refractivity contribution is 7.91. The standard InChI is InChI=1S/C31H38FN5O8S/c1-5-19-13-31(19,29(41)35-46(43,44)21-10-11-21)34-27(39)24-12-20(15-37(24)28(40)26(17(3)4)33-25(38)6-2)45-30(42)36-14-18-8-7-9-23(32)22(18)16-36/h5-9,17,19-21,24,26H,1-2,10-16H2,3-4H3,(H,33,38)(H,34,39)(H,35,41)/t19-,20-,24?,26-,31-/m1/s1. The molecule has 1 unspecified atom stereocenters. The molecule has 0 bridgehead atoms. The van der Waals surface area contributed by atoms with E-state index in [1.165, 1.54) is 21.9 Å². The number of sulfonamides is 1. The van der Waals surface area contributed by atoms with Crippen molar-refractivity contribution < 1.29 is 41.5 Å². The minimum atomic E-state index is -3.91. The quantitative estimate of drug-likeness (QED) is 0.235. The average Bonchev–Trinajstić information content (AvgIpc) is 3.90. The summed E-state index contributed by atoms with van der Waals surface area (Å²) in [6, 6.07) is 2.26. The normalized spacial score (nSPS) is 25.7. The smallest absolute Gasteiger partial charge is 0.410 e. The molecule has 1 aromatic rings. The highest BCUT2D eigenvalue weighted by atomic mass is 32.2.